The maximum absolute atomic E-state index is 12.1. The molecule has 0 spiro atoms. The molecule has 3 nitrogen and oxygen atoms in total. The summed E-state index contributed by atoms with van der Waals surface area (Å²) in [5.74, 6) is -0.147. The van der Waals surface area contributed by atoms with Crippen LogP contribution in [0.25, 0.3) is 0 Å². The third-order valence-corrected chi connectivity index (χ3v) is 3.21. The predicted octanol–water partition coefficient (Wildman–Crippen LogP) is 2.90. The first-order valence-electron chi connectivity index (χ1n) is 6.35. The number of unbranched alkanes of at least 4 members (excludes halogenated alkanes) is 1. The molecular weight excluding hydrogens is 248 g/mol. The van der Waals surface area contributed by atoms with Crippen molar-refractivity contribution in [3.63, 3.8) is 0 Å². The predicted molar refractivity (Wildman–Crippen MR) is 76.0 cm³/mol. The number of amides is 1. The molecule has 1 unspecified atom stereocenters. The molecule has 0 aliphatic heterocycles. The van der Waals surface area contributed by atoms with Crippen LogP contribution < -0.4 is 11.1 Å². The molecule has 0 aliphatic carbocycles. The lowest BCUT2D eigenvalue weighted by Gasteiger charge is -2.17. The first-order valence-corrected chi connectivity index (χ1v) is 6.73. The van der Waals surface area contributed by atoms with Crippen molar-refractivity contribution < 1.29 is 4.79 Å². The zero-order chi connectivity index (χ0) is 13.5. The highest BCUT2D eigenvalue weighted by Gasteiger charge is 2.14. The number of hydrogen-bond acceptors (Lipinski definition) is 2. The van der Waals surface area contributed by atoms with Crippen LogP contribution in [0.5, 0.6) is 0 Å². The molecule has 0 bridgehead atoms. The number of carbonyl (C=O) groups excluding carboxylic acids is 1. The topological polar surface area (TPSA) is 55.1 Å². The zero-order valence-corrected chi connectivity index (χ0v) is 11.8. The van der Waals surface area contributed by atoms with E-state index < -0.39 is 0 Å². The van der Waals surface area contributed by atoms with Gasteiger partial charge in [-0.3, -0.25) is 4.79 Å². The minimum Gasteiger partial charge on any atom is -0.348 e. The van der Waals surface area contributed by atoms with Crippen LogP contribution in [-0.2, 0) is 0 Å². The van der Waals surface area contributed by atoms with Crippen LogP contribution in [-0.4, -0.2) is 18.5 Å². The molecule has 0 aromatic heterocycles. The van der Waals surface area contributed by atoms with Gasteiger partial charge in [0.2, 0.25) is 0 Å². The average Bonchev–Trinajstić information content (AvgIpc) is 2.34. The van der Waals surface area contributed by atoms with Crippen molar-refractivity contribution in [1.29, 1.82) is 0 Å². The van der Waals surface area contributed by atoms with Crippen molar-refractivity contribution in [2.75, 3.05) is 6.54 Å². The fourth-order valence-corrected chi connectivity index (χ4v) is 2.09. The Morgan fingerprint density at radius 2 is 2.22 bits per heavy atom. The van der Waals surface area contributed by atoms with Gasteiger partial charge in [0.05, 0.1) is 10.6 Å². The number of halogens is 1. The molecule has 0 radical (unpaired) electrons. The Bertz CT molecular complexity index is 407. The lowest BCUT2D eigenvalue weighted by Crippen LogP contribution is -2.40. The summed E-state index contributed by atoms with van der Waals surface area (Å²) in [6, 6.07) is 5.44. The highest BCUT2D eigenvalue weighted by atomic mass is 35.5. The number of hydrogen-bond donors (Lipinski definition) is 2. The Morgan fingerprint density at radius 3 is 2.78 bits per heavy atom. The first kappa shape index (κ1) is 15.0. The van der Waals surface area contributed by atoms with E-state index in [0.717, 1.165) is 24.8 Å². The van der Waals surface area contributed by atoms with Gasteiger partial charge in [-0.15, -0.1) is 0 Å². The molecule has 1 aromatic carbocycles. The fraction of sp³-hybridized carbons (Fsp3) is 0.500. The lowest BCUT2D eigenvalue weighted by atomic mass is 10.1. The van der Waals surface area contributed by atoms with Crippen molar-refractivity contribution in [2.24, 2.45) is 5.73 Å². The number of nitrogens with two attached hydrogens (primary N) is 1. The summed E-state index contributed by atoms with van der Waals surface area (Å²) in [4.78, 5) is 12.1. The molecule has 18 heavy (non-hydrogen) atoms. The number of rotatable bonds is 6. The van der Waals surface area contributed by atoms with Gasteiger partial charge >= 0.3 is 0 Å². The van der Waals surface area contributed by atoms with Crippen molar-refractivity contribution in [1.82, 2.24) is 5.32 Å². The molecule has 1 atom stereocenters. The first-order chi connectivity index (χ1) is 8.58. The van der Waals surface area contributed by atoms with Gasteiger partial charge < -0.3 is 11.1 Å². The van der Waals surface area contributed by atoms with E-state index in [1.165, 1.54) is 0 Å². The van der Waals surface area contributed by atoms with E-state index in [9.17, 15) is 4.79 Å². The van der Waals surface area contributed by atoms with Crippen LogP contribution in [0.2, 0.25) is 5.02 Å². The standard InChI is InChI=1S/C14H21ClN2O/c1-3-4-5-11(9-16)17-14(18)12-7-6-10(2)8-13(12)15/h6-8,11H,3-5,9,16H2,1-2H3,(H,17,18). The molecule has 100 valence electrons. The van der Waals surface area contributed by atoms with Gasteiger partial charge in [0.1, 0.15) is 0 Å². The third kappa shape index (κ3) is 4.31. The van der Waals surface area contributed by atoms with E-state index in [1.54, 1.807) is 12.1 Å². The summed E-state index contributed by atoms with van der Waals surface area (Å²) >= 11 is 6.06. The molecule has 1 rings (SSSR count). The summed E-state index contributed by atoms with van der Waals surface area (Å²) < 4.78 is 0. The molecule has 0 aliphatic rings. The Labute approximate surface area is 114 Å². The number of aryl methyl sites for hydroxylation is 1. The van der Waals surface area contributed by atoms with Crippen LogP contribution >= 0.6 is 11.6 Å². The van der Waals surface area contributed by atoms with Crippen LogP contribution in [0, 0.1) is 6.92 Å². The van der Waals surface area contributed by atoms with Crippen LogP contribution in [0.15, 0.2) is 18.2 Å². The van der Waals surface area contributed by atoms with Crippen LogP contribution in [0.3, 0.4) is 0 Å². The molecule has 0 saturated carbocycles. The SMILES string of the molecule is CCCCC(CN)NC(=O)c1ccc(C)cc1Cl. The van der Waals surface area contributed by atoms with Crippen LogP contribution in [0.1, 0.15) is 42.1 Å². The molecule has 0 saturated heterocycles. The molecular formula is C14H21ClN2O. The minimum absolute atomic E-state index is 0.0230. The fourth-order valence-electron chi connectivity index (χ4n) is 1.77. The molecule has 3 N–H and O–H groups in total. The van der Waals surface area contributed by atoms with E-state index in [4.69, 9.17) is 17.3 Å². The average molecular weight is 269 g/mol. The molecule has 1 aromatic rings. The van der Waals surface area contributed by atoms with Gasteiger partial charge in [-0.1, -0.05) is 37.4 Å². The van der Waals surface area contributed by atoms with E-state index >= 15 is 0 Å². The summed E-state index contributed by atoms with van der Waals surface area (Å²) in [6.45, 7) is 4.51. The van der Waals surface area contributed by atoms with E-state index in [0.29, 0.717) is 17.1 Å². The third-order valence-electron chi connectivity index (χ3n) is 2.90. The van der Waals surface area contributed by atoms with Crippen molar-refractivity contribution >= 4 is 17.5 Å². The zero-order valence-electron chi connectivity index (χ0n) is 11.0. The van der Waals surface area contributed by atoms with Crippen molar-refractivity contribution in [3.8, 4) is 0 Å². The van der Waals surface area contributed by atoms with Crippen molar-refractivity contribution in [3.05, 3.63) is 34.3 Å². The summed E-state index contributed by atoms with van der Waals surface area (Å²) in [7, 11) is 0. The molecule has 4 heteroatoms. The normalized spacial score (nSPS) is 12.2. The summed E-state index contributed by atoms with van der Waals surface area (Å²) in [5, 5.41) is 3.41. The maximum Gasteiger partial charge on any atom is 0.253 e. The van der Waals surface area contributed by atoms with Gasteiger partial charge in [0, 0.05) is 12.6 Å². The number of nitrogens with one attached hydrogen (secondary N) is 1. The maximum atomic E-state index is 12.1. The second-order valence-corrected chi connectivity index (χ2v) is 4.94. The second kappa shape index (κ2) is 7.39. The molecule has 1 amide bonds. The quantitative estimate of drug-likeness (QED) is 0.834. The Balaban J connectivity index is 2.68. The van der Waals surface area contributed by atoms with E-state index in [2.05, 4.69) is 12.2 Å². The highest BCUT2D eigenvalue weighted by Crippen LogP contribution is 2.17. The van der Waals surface area contributed by atoms with Crippen molar-refractivity contribution in [2.45, 2.75) is 39.2 Å². The van der Waals surface area contributed by atoms with Gasteiger partial charge in [-0.25, -0.2) is 0 Å². The Morgan fingerprint density at radius 1 is 1.50 bits per heavy atom. The largest absolute Gasteiger partial charge is 0.348 e. The van der Waals surface area contributed by atoms with E-state index in [1.807, 2.05) is 13.0 Å². The van der Waals surface area contributed by atoms with Gasteiger partial charge in [-0.05, 0) is 31.0 Å². The lowest BCUT2D eigenvalue weighted by molar-refractivity contribution is 0.0936. The molecule has 0 heterocycles. The highest BCUT2D eigenvalue weighted by molar-refractivity contribution is 6.33. The van der Waals surface area contributed by atoms with Gasteiger partial charge in [-0.2, -0.15) is 0 Å². The Kier molecular flexibility index (Phi) is 6.16. The Hall–Kier alpha value is -1.06. The minimum atomic E-state index is -0.147. The van der Waals surface area contributed by atoms with E-state index in [-0.39, 0.29) is 11.9 Å². The summed E-state index contributed by atoms with van der Waals surface area (Å²) in [6.07, 6.45) is 3.06. The number of benzene rings is 1. The monoisotopic (exact) mass is 268 g/mol. The van der Waals surface area contributed by atoms with Crippen LogP contribution in [0.4, 0.5) is 0 Å². The molecule has 0 fully saturated rings. The summed E-state index contributed by atoms with van der Waals surface area (Å²) in [5.41, 5.74) is 7.21. The van der Waals surface area contributed by atoms with Gasteiger partial charge in [0.15, 0.2) is 0 Å². The van der Waals surface area contributed by atoms with Gasteiger partial charge in [0.25, 0.3) is 5.91 Å². The second-order valence-electron chi connectivity index (χ2n) is 4.53. The number of carbonyl (C=O) groups is 1. The smallest absolute Gasteiger partial charge is 0.253 e.